The van der Waals surface area contributed by atoms with Crippen molar-refractivity contribution in [3.8, 4) is 0 Å². The molecule has 0 unspecified atom stereocenters. The molecule has 29 heavy (non-hydrogen) atoms. The molecule has 1 aromatic carbocycles. The fraction of sp³-hybridized carbons (Fsp3) is 0.391. The summed E-state index contributed by atoms with van der Waals surface area (Å²) in [7, 11) is 0. The van der Waals surface area contributed by atoms with Gasteiger partial charge in [0.15, 0.2) is 0 Å². The van der Waals surface area contributed by atoms with Gasteiger partial charge in [-0.1, -0.05) is 18.2 Å². The van der Waals surface area contributed by atoms with Gasteiger partial charge in [0, 0.05) is 31.9 Å². The lowest BCUT2D eigenvalue weighted by molar-refractivity contribution is 0.186. The number of benzene rings is 1. The van der Waals surface area contributed by atoms with E-state index in [0.717, 1.165) is 56.0 Å². The predicted molar refractivity (Wildman–Crippen MR) is 116 cm³/mol. The van der Waals surface area contributed by atoms with E-state index < -0.39 is 0 Å². The first-order chi connectivity index (χ1) is 14.3. The zero-order valence-corrected chi connectivity index (χ0v) is 16.7. The van der Waals surface area contributed by atoms with Crippen molar-refractivity contribution in [1.82, 2.24) is 23.8 Å². The van der Waals surface area contributed by atoms with Crippen LogP contribution in [0.4, 0.5) is 0 Å². The Morgan fingerprint density at radius 2 is 1.83 bits per heavy atom. The smallest absolute Gasteiger partial charge is 0.137 e. The zero-order chi connectivity index (χ0) is 19.6. The third kappa shape index (κ3) is 3.78. The highest BCUT2D eigenvalue weighted by atomic mass is 15.1. The minimum absolute atomic E-state index is 0.681. The van der Waals surface area contributed by atoms with E-state index in [2.05, 4.69) is 44.3 Å². The molecule has 0 spiro atoms. The molecule has 150 valence electrons. The fourth-order valence-corrected chi connectivity index (χ4v) is 4.54. The fourth-order valence-electron chi connectivity index (χ4n) is 4.54. The summed E-state index contributed by atoms with van der Waals surface area (Å²) in [6.07, 6.45) is 7.64. The summed E-state index contributed by atoms with van der Waals surface area (Å²) in [4.78, 5) is 12.3. The molecule has 5 rings (SSSR count). The van der Waals surface area contributed by atoms with Gasteiger partial charge in [-0.2, -0.15) is 0 Å². The van der Waals surface area contributed by atoms with Crippen molar-refractivity contribution in [3.63, 3.8) is 0 Å². The summed E-state index contributed by atoms with van der Waals surface area (Å²) in [6, 6.07) is 14.6. The van der Waals surface area contributed by atoms with E-state index in [1.165, 1.54) is 24.2 Å². The lowest BCUT2D eigenvalue weighted by Gasteiger charge is -2.31. The lowest BCUT2D eigenvalue weighted by atomic mass is 9.93. The van der Waals surface area contributed by atoms with Crippen LogP contribution in [0.1, 0.15) is 24.4 Å². The molecule has 0 atom stereocenters. The van der Waals surface area contributed by atoms with E-state index in [4.69, 9.17) is 15.7 Å². The minimum Gasteiger partial charge on any atom is -0.329 e. The highest BCUT2D eigenvalue weighted by Gasteiger charge is 2.22. The molecule has 0 amide bonds. The Morgan fingerprint density at radius 3 is 2.66 bits per heavy atom. The molecule has 4 aromatic rings. The quantitative estimate of drug-likeness (QED) is 0.552. The van der Waals surface area contributed by atoms with Gasteiger partial charge in [0.2, 0.25) is 0 Å². The van der Waals surface area contributed by atoms with Gasteiger partial charge in [-0.3, -0.25) is 0 Å². The number of imidazole rings is 2. The maximum atomic E-state index is 5.72. The van der Waals surface area contributed by atoms with Crippen molar-refractivity contribution in [2.45, 2.75) is 25.8 Å². The van der Waals surface area contributed by atoms with Gasteiger partial charge in [-0.05, 0) is 56.1 Å². The van der Waals surface area contributed by atoms with Crippen LogP contribution in [0.25, 0.3) is 16.7 Å². The Balaban J connectivity index is 1.41. The van der Waals surface area contributed by atoms with Crippen LogP contribution in [0.15, 0.2) is 54.9 Å². The number of pyridine rings is 1. The Kier molecular flexibility index (Phi) is 5.04. The second-order valence-corrected chi connectivity index (χ2v) is 8.08. The third-order valence-electron chi connectivity index (χ3n) is 6.09. The van der Waals surface area contributed by atoms with E-state index in [-0.39, 0.29) is 0 Å². The number of likely N-dealkylation sites (tertiary alicyclic amines) is 1. The molecule has 1 saturated heterocycles. The Bertz CT molecular complexity index is 1070. The molecule has 2 N–H and O–H groups in total. The molecule has 4 heterocycles. The van der Waals surface area contributed by atoms with Gasteiger partial charge < -0.3 is 19.6 Å². The first kappa shape index (κ1) is 18.3. The van der Waals surface area contributed by atoms with Crippen LogP contribution in [0.2, 0.25) is 0 Å². The largest absolute Gasteiger partial charge is 0.329 e. The van der Waals surface area contributed by atoms with Crippen LogP contribution >= 0.6 is 0 Å². The van der Waals surface area contributed by atoms with Gasteiger partial charge in [0.1, 0.15) is 11.5 Å². The normalized spacial score (nSPS) is 16.2. The molecule has 6 heteroatoms. The first-order valence-electron chi connectivity index (χ1n) is 10.6. The van der Waals surface area contributed by atoms with Crippen LogP contribution in [-0.2, 0) is 13.0 Å². The molecule has 1 aliphatic rings. The van der Waals surface area contributed by atoms with Gasteiger partial charge in [0.05, 0.1) is 23.3 Å². The molecule has 0 aliphatic carbocycles. The summed E-state index contributed by atoms with van der Waals surface area (Å²) in [5.74, 6) is 1.86. The first-order valence-corrected chi connectivity index (χ1v) is 10.6. The van der Waals surface area contributed by atoms with Crippen LogP contribution in [0.5, 0.6) is 0 Å². The molecule has 3 aromatic heterocycles. The number of para-hydroxylation sites is 2. The Hall–Kier alpha value is -2.70. The third-order valence-corrected chi connectivity index (χ3v) is 6.09. The van der Waals surface area contributed by atoms with Crippen LogP contribution in [-0.4, -0.2) is 50.0 Å². The molecule has 6 nitrogen and oxygen atoms in total. The van der Waals surface area contributed by atoms with Gasteiger partial charge in [-0.15, -0.1) is 0 Å². The van der Waals surface area contributed by atoms with Crippen molar-refractivity contribution in [3.05, 3.63) is 66.4 Å². The standard InChI is InChI=1S/C23H28N6/c24-10-14-27-12-8-18(9-13-27)15-23-26-20-5-1-2-6-21(20)29(23)17-19-16-28-11-4-3-7-22(28)25-19/h1-7,11,16,18H,8-10,12-15,17,24H2. The van der Waals surface area contributed by atoms with E-state index >= 15 is 0 Å². The second kappa shape index (κ2) is 7.97. The predicted octanol–water partition coefficient (Wildman–Crippen LogP) is 2.95. The zero-order valence-electron chi connectivity index (χ0n) is 16.7. The van der Waals surface area contributed by atoms with Gasteiger partial charge in [0.25, 0.3) is 0 Å². The number of aromatic nitrogens is 4. The van der Waals surface area contributed by atoms with Crippen LogP contribution in [0, 0.1) is 5.92 Å². The monoisotopic (exact) mass is 388 g/mol. The molecule has 1 fully saturated rings. The maximum Gasteiger partial charge on any atom is 0.137 e. The van der Waals surface area contributed by atoms with Crippen LogP contribution < -0.4 is 5.73 Å². The number of nitrogens with two attached hydrogens (primary N) is 1. The molecule has 0 radical (unpaired) electrons. The van der Waals surface area contributed by atoms with Crippen molar-refractivity contribution in [2.24, 2.45) is 11.7 Å². The van der Waals surface area contributed by atoms with Crippen molar-refractivity contribution >= 4 is 16.7 Å². The summed E-state index contributed by atoms with van der Waals surface area (Å²) in [5.41, 5.74) is 10.0. The number of hydrogen-bond acceptors (Lipinski definition) is 4. The van der Waals surface area contributed by atoms with Gasteiger partial charge in [-0.25, -0.2) is 9.97 Å². The minimum atomic E-state index is 0.681. The average Bonchev–Trinajstić information content (AvgIpc) is 3.31. The lowest BCUT2D eigenvalue weighted by Crippen LogP contribution is -2.37. The van der Waals surface area contributed by atoms with Crippen molar-refractivity contribution in [2.75, 3.05) is 26.2 Å². The Labute approximate surface area is 171 Å². The molecular weight excluding hydrogens is 360 g/mol. The second-order valence-electron chi connectivity index (χ2n) is 8.08. The van der Waals surface area contributed by atoms with Crippen LogP contribution in [0.3, 0.4) is 0 Å². The van der Waals surface area contributed by atoms with Gasteiger partial charge >= 0.3 is 0 Å². The highest BCUT2D eigenvalue weighted by molar-refractivity contribution is 5.76. The van der Waals surface area contributed by atoms with E-state index in [9.17, 15) is 0 Å². The summed E-state index contributed by atoms with van der Waals surface area (Å²) in [5, 5.41) is 0. The van der Waals surface area contributed by atoms with E-state index in [1.54, 1.807) is 0 Å². The van der Waals surface area contributed by atoms with Crippen molar-refractivity contribution < 1.29 is 0 Å². The number of hydrogen-bond donors (Lipinski definition) is 1. The molecule has 1 aliphatic heterocycles. The number of fused-ring (bicyclic) bond motifs is 2. The Morgan fingerprint density at radius 1 is 1.00 bits per heavy atom. The summed E-state index contributed by atoms with van der Waals surface area (Å²) < 4.78 is 4.45. The summed E-state index contributed by atoms with van der Waals surface area (Å²) >= 11 is 0. The molecule has 0 bridgehead atoms. The molecule has 0 saturated carbocycles. The van der Waals surface area contributed by atoms with E-state index in [0.29, 0.717) is 5.92 Å². The average molecular weight is 389 g/mol. The number of piperidine rings is 1. The van der Waals surface area contributed by atoms with E-state index in [1.807, 2.05) is 24.4 Å². The topological polar surface area (TPSA) is 64.4 Å². The number of nitrogens with zero attached hydrogens (tertiary/aromatic N) is 5. The molecular formula is C23H28N6. The highest BCUT2D eigenvalue weighted by Crippen LogP contribution is 2.25. The summed E-state index contributed by atoms with van der Waals surface area (Å²) in [6.45, 7) is 4.81. The SMILES string of the molecule is NCCN1CCC(Cc2nc3ccccc3n2Cc2cn3ccccc3n2)CC1. The maximum absolute atomic E-state index is 5.72. The van der Waals surface area contributed by atoms with Crippen molar-refractivity contribution in [1.29, 1.82) is 0 Å². The number of rotatable bonds is 6.